The number of carbonyl (C=O) groups is 1. The molecule has 1 saturated carbocycles. The van der Waals surface area contributed by atoms with Gasteiger partial charge in [0.15, 0.2) is 0 Å². The minimum absolute atomic E-state index is 0.0971. The molecule has 1 aliphatic rings. The minimum Gasteiger partial charge on any atom is -0.464 e. The van der Waals surface area contributed by atoms with Crippen LogP contribution in [0.5, 0.6) is 0 Å². The Hall–Kier alpha value is -0.570. The predicted octanol–water partition coefficient (Wildman–Crippen LogP) is 5.18. The van der Waals surface area contributed by atoms with E-state index in [2.05, 4.69) is 25.7 Å². The summed E-state index contributed by atoms with van der Waals surface area (Å²) in [6, 6.07) is 0. The van der Waals surface area contributed by atoms with E-state index in [9.17, 15) is 4.79 Å². The molecule has 0 atom stereocenters. The number of ether oxygens (including phenoxy) is 1. The summed E-state index contributed by atoms with van der Waals surface area (Å²) in [6.07, 6.45) is 13.2. The van der Waals surface area contributed by atoms with E-state index in [-0.39, 0.29) is 11.4 Å². The molecule has 0 aromatic carbocycles. The van der Waals surface area contributed by atoms with Gasteiger partial charge in [0.05, 0.1) is 5.41 Å². The molecule has 0 bridgehead atoms. The minimum atomic E-state index is -0.159. The zero-order chi connectivity index (χ0) is 17.0. The molecular weight excluding hydrogens is 286 g/mol. The van der Waals surface area contributed by atoms with Gasteiger partial charge in [0, 0.05) is 6.54 Å². The molecule has 0 amide bonds. The van der Waals surface area contributed by atoms with Gasteiger partial charge in [-0.05, 0) is 32.4 Å². The second kappa shape index (κ2) is 11.9. The highest BCUT2D eigenvalue weighted by Crippen LogP contribution is 2.41. The molecule has 0 aliphatic heterocycles. The topological polar surface area (TPSA) is 29.5 Å². The lowest BCUT2D eigenvalue weighted by atomic mass is 9.71. The van der Waals surface area contributed by atoms with Gasteiger partial charge in [0.2, 0.25) is 0 Å². The Bertz CT molecular complexity index is 307. The Kier molecular flexibility index (Phi) is 10.6. The van der Waals surface area contributed by atoms with E-state index < -0.39 is 0 Å². The lowest BCUT2D eigenvalue weighted by molar-refractivity contribution is -0.159. The lowest BCUT2D eigenvalue weighted by Gasteiger charge is -2.35. The highest BCUT2D eigenvalue weighted by molar-refractivity contribution is 5.77. The Morgan fingerprint density at radius 1 is 0.957 bits per heavy atom. The number of hydrogen-bond donors (Lipinski definition) is 0. The SMILES string of the molecule is CCCCCCCC1(C(=O)OCCN(CC)CC)CCCCC1. The van der Waals surface area contributed by atoms with Crippen molar-refractivity contribution in [1.82, 2.24) is 4.90 Å². The van der Waals surface area contributed by atoms with E-state index in [1.807, 2.05) is 0 Å². The van der Waals surface area contributed by atoms with Crippen molar-refractivity contribution in [2.45, 2.75) is 91.4 Å². The Morgan fingerprint density at radius 3 is 2.22 bits per heavy atom. The predicted molar refractivity (Wildman–Crippen MR) is 97.6 cm³/mol. The summed E-state index contributed by atoms with van der Waals surface area (Å²) in [5.74, 6) is 0.0971. The molecule has 0 radical (unpaired) electrons. The number of rotatable bonds is 12. The summed E-state index contributed by atoms with van der Waals surface area (Å²) in [5.41, 5.74) is -0.159. The van der Waals surface area contributed by atoms with Crippen molar-refractivity contribution in [1.29, 1.82) is 0 Å². The quantitative estimate of drug-likeness (QED) is 0.365. The van der Waals surface area contributed by atoms with E-state index in [4.69, 9.17) is 4.74 Å². The van der Waals surface area contributed by atoms with Crippen LogP contribution in [0.2, 0.25) is 0 Å². The van der Waals surface area contributed by atoms with Crippen molar-refractivity contribution in [3.8, 4) is 0 Å². The average Bonchev–Trinajstić information content (AvgIpc) is 2.59. The highest BCUT2D eigenvalue weighted by atomic mass is 16.5. The van der Waals surface area contributed by atoms with Crippen LogP contribution in [0.3, 0.4) is 0 Å². The molecule has 1 aliphatic carbocycles. The molecule has 3 heteroatoms. The van der Waals surface area contributed by atoms with Crippen LogP contribution in [0.1, 0.15) is 91.4 Å². The van der Waals surface area contributed by atoms with Crippen LogP contribution in [0.4, 0.5) is 0 Å². The Labute approximate surface area is 144 Å². The summed E-state index contributed by atoms with van der Waals surface area (Å²) in [7, 11) is 0. The maximum atomic E-state index is 12.8. The van der Waals surface area contributed by atoms with Crippen LogP contribution >= 0.6 is 0 Å². The van der Waals surface area contributed by atoms with Crippen LogP contribution < -0.4 is 0 Å². The molecule has 0 unspecified atom stereocenters. The molecule has 0 heterocycles. The zero-order valence-electron chi connectivity index (χ0n) is 15.9. The summed E-state index contributed by atoms with van der Waals surface area (Å²) >= 11 is 0. The van der Waals surface area contributed by atoms with Gasteiger partial charge in [-0.1, -0.05) is 72.1 Å². The normalized spacial score (nSPS) is 17.4. The third-order valence-corrected chi connectivity index (χ3v) is 5.54. The Morgan fingerprint density at radius 2 is 1.61 bits per heavy atom. The van der Waals surface area contributed by atoms with Crippen molar-refractivity contribution in [3.05, 3.63) is 0 Å². The fraction of sp³-hybridized carbons (Fsp3) is 0.950. The number of hydrogen-bond acceptors (Lipinski definition) is 3. The third kappa shape index (κ3) is 7.24. The third-order valence-electron chi connectivity index (χ3n) is 5.54. The first-order chi connectivity index (χ1) is 11.2. The molecule has 136 valence electrons. The fourth-order valence-electron chi connectivity index (χ4n) is 3.81. The number of carbonyl (C=O) groups excluding carboxylic acids is 1. The Balaban J connectivity index is 2.43. The number of esters is 1. The maximum absolute atomic E-state index is 12.8. The highest BCUT2D eigenvalue weighted by Gasteiger charge is 2.40. The van der Waals surface area contributed by atoms with Gasteiger partial charge in [0.25, 0.3) is 0 Å². The zero-order valence-corrected chi connectivity index (χ0v) is 15.9. The summed E-state index contributed by atoms with van der Waals surface area (Å²) in [6.45, 7) is 10.0. The van der Waals surface area contributed by atoms with E-state index >= 15 is 0 Å². The lowest BCUT2D eigenvalue weighted by Crippen LogP contribution is -2.37. The summed E-state index contributed by atoms with van der Waals surface area (Å²) < 4.78 is 5.72. The molecule has 0 saturated heterocycles. The van der Waals surface area contributed by atoms with Crippen LogP contribution in [-0.2, 0) is 9.53 Å². The monoisotopic (exact) mass is 325 g/mol. The van der Waals surface area contributed by atoms with E-state index in [1.165, 1.54) is 51.4 Å². The second-order valence-corrected chi connectivity index (χ2v) is 7.17. The van der Waals surface area contributed by atoms with Gasteiger partial charge in [-0.15, -0.1) is 0 Å². The first-order valence-electron chi connectivity index (χ1n) is 10.1. The van der Waals surface area contributed by atoms with Gasteiger partial charge in [-0.2, -0.15) is 0 Å². The summed E-state index contributed by atoms with van der Waals surface area (Å²) in [5, 5.41) is 0. The molecular formula is C20H39NO2. The molecule has 0 N–H and O–H groups in total. The van der Waals surface area contributed by atoms with E-state index in [0.717, 1.165) is 38.9 Å². The van der Waals surface area contributed by atoms with E-state index in [0.29, 0.717) is 6.61 Å². The van der Waals surface area contributed by atoms with Crippen LogP contribution in [0.25, 0.3) is 0 Å². The fourth-order valence-corrected chi connectivity index (χ4v) is 3.81. The van der Waals surface area contributed by atoms with Crippen molar-refractivity contribution in [3.63, 3.8) is 0 Å². The molecule has 1 rings (SSSR count). The maximum Gasteiger partial charge on any atom is 0.312 e. The van der Waals surface area contributed by atoms with Gasteiger partial charge in [-0.3, -0.25) is 4.79 Å². The number of nitrogens with zero attached hydrogens (tertiary/aromatic N) is 1. The van der Waals surface area contributed by atoms with Gasteiger partial charge in [0.1, 0.15) is 6.61 Å². The largest absolute Gasteiger partial charge is 0.464 e. The van der Waals surface area contributed by atoms with Crippen molar-refractivity contribution in [2.24, 2.45) is 5.41 Å². The molecule has 0 aromatic rings. The first kappa shape index (κ1) is 20.5. The van der Waals surface area contributed by atoms with Gasteiger partial charge in [-0.25, -0.2) is 0 Å². The standard InChI is InChI=1S/C20H39NO2/c1-4-7-8-9-11-14-20(15-12-10-13-16-20)19(22)23-18-17-21(5-2)6-3/h4-18H2,1-3H3. The molecule has 0 spiro atoms. The smallest absolute Gasteiger partial charge is 0.312 e. The van der Waals surface area contributed by atoms with Gasteiger partial charge < -0.3 is 9.64 Å². The van der Waals surface area contributed by atoms with Crippen LogP contribution in [0.15, 0.2) is 0 Å². The molecule has 23 heavy (non-hydrogen) atoms. The van der Waals surface area contributed by atoms with Crippen molar-refractivity contribution < 1.29 is 9.53 Å². The van der Waals surface area contributed by atoms with Crippen molar-refractivity contribution in [2.75, 3.05) is 26.2 Å². The second-order valence-electron chi connectivity index (χ2n) is 7.17. The summed E-state index contributed by atoms with van der Waals surface area (Å²) in [4.78, 5) is 15.1. The van der Waals surface area contributed by atoms with E-state index in [1.54, 1.807) is 0 Å². The molecule has 0 aromatic heterocycles. The number of likely N-dealkylation sites (N-methyl/N-ethyl adjacent to an activating group) is 1. The molecule has 1 fully saturated rings. The van der Waals surface area contributed by atoms with Crippen LogP contribution in [-0.4, -0.2) is 37.1 Å². The average molecular weight is 326 g/mol. The van der Waals surface area contributed by atoms with Gasteiger partial charge >= 0.3 is 5.97 Å². The first-order valence-corrected chi connectivity index (χ1v) is 10.1. The molecule has 3 nitrogen and oxygen atoms in total. The number of unbranched alkanes of at least 4 members (excludes halogenated alkanes) is 4. The van der Waals surface area contributed by atoms with Crippen molar-refractivity contribution >= 4 is 5.97 Å². The van der Waals surface area contributed by atoms with Crippen LogP contribution in [0, 0.1) is 5.41 Å².